The van der Waals surface area contributed by atoms with Crippen molar-refractivity contribution in [2.24, 2.45) is 5.92 Å². The molecule has 11 heteroatoms. The van der Waals surface area contributed by atoms with E-state index in [1.807, 2.05) is 18.2 Å². The summed E-state index contributed by atoms with van der Waals surface area (Å²) >= 11 is 1.14. The summed E-state index contributed by atoms with van der Waals surface area (Å²) in [5, 5.41) is 13.5. The van der Waals surface area contributed by atoms with Crippen LogP contribution in [0.15, 0.2) is 41.5 Å². The minimum Gasteiger partial charge on any atom is -0.496 e. The Labute approximate surface area is 229 Å². The van der Waals surface area contributed by atoms with Crippen LogP contribution >= 0.6 is 11.3 Å². The number of para-hydroxylation sites is 1. The maximum Gasteiger partial charge on any atom is 0.371 e. The summed E-state index contributed by atoms with van der Waals surface area (Å²) in [5.74, 6) is -4.08. The number of carbonyl (C=O) groups excluding carboxylic acids is 1. The molecule has 0 unspecified atom stereocenters. The minimum atomic E-state index is -1.49. The van der Waals surface area contributed by atoms with E-state index in [2.05, 4.69) is 28.9 Å². The molecule has 1 amide bonds. The van der Waals surface area contributed by atoms with Crippen LogP contribution < -0.4 is 10.1 Å². The molecule has 0 spiro atoms. The van der Waals surface area contributed by atoms with Gasteiger partial charge in [0.15, 0.2) is 5.13 Å². The van der Waals surface area contributed by atoms with E-state index in [1.165, 1.54) is 0 Å². The molecule has 1 aromatic heterocycles. The van der Waals surface area contributed by atoms with Gasteiger partial charge in [0.2, 0.25) is 5.76 Å². The zero-order valence-corrected chi connectivity index (χ0v) is 22.9. The largest absolute Gasteiger partial charge is 0.496 e. The van der Waals surface area contributed by atoms with Crippen LogP contribution in [0.4, 0.5) is 13.9 Å². The lowest BCUT2D eigenvalue weighted by Gasteiger charge is -2.15. The number of nitrogens with one attached hydrogen (secondary N) is 1. The van der Waals surface area contributed by atoms with Gasteiger partial charge in [0, 0.05) is 40.3 Å². The molecule has 3 rings (SSSR count). The molecule has 3 aromatic rings. The van der Waals surface area contributed by atoms with Gasteiger partial charge in [-0.05, 0) is 24.1 Å². The molecule has 0 aliphatic heterocycles. The molecule has 2 N–H and O–H groups in total. The van der Waals surface area contributed by atoms with E-state index in [9.17, 15) is 18.4 Å². The number of thiazole rings is 1. The van der Waals surface area contributed by atoms with Crippen molar-refractivity contribution >= 4 is 34.4 Å². The van der Waals surface area contributed by atoms with Crippen molar-refractivity contribution < 1.29 is 37.7 Å². The molecule has 2 aromatic carbocycles. The molecule has 39 heavy (non-hydrogen) atoms. The Morgan fingerprint density at radius 2 is 1.85 bits per heavy atom. The van der Waals surface area contributed by atoms with E-state index in [4.69, 9.17) is 14.6 Å². The number of halogens is 2. The summed E-state index contributed by atoms with van der Waals surface area (Å²) in [5.41, 5.74) is 1.17. The molecular weight excluding hydrogens is 530 g/mol. The summed E-state index contributed by atoms with van der Waals surface area (Å²) in [6.45, 7) is 5.30. The molecule has 8 nitrogen and oxygen atoms in total. The molecule has 0 saturated heterocycles. The van der Waals surface area contributed by atoms with Gasteiger partial charge in [-0.2, -0.15) is 0 Å². The number of aliphatic carboxylic acids is 1. The van der Waals surface area contributed by atoms with Crippen LogP contribution in [0.1, 0.15) is 48.2 Å². The third-order valence-electron chi connectivity index (χ3n) is 6.11. The number of methoxy groups -OCH3 is 2. The Bertz CT molecular complexity index is 1330. The van der Waals surface area contributed by atoms with Gasteiger partial charge in [-0.1, -0.05) is 38.8 Å². The molecule has 208 valence electrons. The Balaban J connectivity index is 1.78. The Hall–Kier alpha value is -3.83. The van der Waals surface area contributed by atoms with Gasteiger partial charge in [0.1, 0.15) is 17.4 Å². The number of rotatable bonds is 13. The lowest BCUT2D eigenvalue weighted by molar-refractivity contribution is -0.135. The highest BCUT2D eigenvalue weighted by Gasteiger charge is 2.19. The van der Waals surface area contributed by atoms with Crippen LogP contribution in [0.5, 0.6) is 5.75 Å². The third-order valence-corrected chi connectivity index (χ3v) is 6.87. The average Bonchev–Trinajstić information content (AvgIpc) is 3.38. The van der Waals surface area contributed by atoms with Gasteiger partial charge in [0.05, 0.1) is 26.5 Å². The highest BCUT2D eigenvalue weighted by Crippen LogP contribution is 2.35. The number of hydrogen-bond acceptors (Lipinski definition) is 7. The van der Waals surface area contributed by atoms with Crippen molar-refractivity contribution in [2.75, 3.05) is 26.1 Å². The fraction of sp³-hybridized carbons (Fsp3) is 0.321. The van der Waals surface area contributed by atoms with Gasteiger partial charge in [-0.25, -0.2) is 18.6 Å². The SMILES string of the molecule is CCC(CC)COCc1cccc(-c2csc(NC(=O)c3cc(F)c(C=C(OC)C(=O)O)c(F)c3)n2)c1OC. The summed E-state index contributed by atoms with van der Waals surface area (Å²) in [6, 6.07) is 7.24. The zero-order chi connectivity index (χ0) is 28.5. The van der Waals surface area contributed by atoms with Crippen LogP contribution in [-0.4, -0.2) is 42.8 Å². The number of nitrogens with zero attached hydrogens (tertiary/aromatic N) is 1. The number of benzene rings is 2. The van der Waals surface area contributed by atoms with Gasteiger partial charge in [-0.15, -0.1) is 11.3 Å². The summed E-state index contributed by atoms with van der Waals surface area (Å²) in [6.07, 6.45) is 2.79. The van der Waals surface area contributed by atoms with Crippen molar-refractivity contribution in [3.8, 4) is 17.0 Å². The third kappa shape index (κ3) is 7.39. The van der Waals surface area contributed by atoms with Gasteiger partial charge in [0.25, 0.3) is 5.91 Å². The van der Waals surface area contributed by atoms with E-state index in [0.717, 1.165) is 49.0 Å². The Kier molecular flexibility index (Phi) is 10.5. The zero-order valence-electron chi connectivity index (χ0n) is 22.0. The van der Waals surface area contributed by atoms with Crippen LogP contribution in [0.3, 0.4) is 0 Å². The maximum absolute atomic E-state index is 14.5. The maximum atomic E-state index is 14.5. The standard InChI is InChI=1S/C28H30F2N2O6S/c1-5-16(6-2)13-38-14-17-8-7-9-19(25(17)37-4)23-15-39-28(31-23)32-26(33)18-10-21(29)20(22(30)11-18)12-24(36-3)27(34)35/h7-12,15-16H,5-6,13-14H2,1-4H3,(H,34,35)(H,31,32,33). The quantitative estimate of drug-likeness (QED) is 0.185. The van der Waals surface area contributed by atoms with E-state index < -0.39 is 34.8 Å². The first-order valence-corrected chi connectivity index (χ1v) is 13.1. The van der Waals surface area contributed by atoms with E-state index >= 15 is 0 Å². The number of carbonyl (C=O) groups is 2. The molecule has 0 bridgehead atoms. The molecule has 0 aliphatic carbocycles. The lowest BCUT2D eigenvalue weighted by Crippen LogP contribution is -2.13. The van der Waals surface area contributed by atoms with E-state index in [1.54, 1.807) is 12.5 Å². The minimum absolute atomic E-state index is 0.213. The van der Waals surface area contributed by atoms with Crippen molar-refractivity contribution in [1.29, 1.82) is 0 Å². The molecule has 0 radical (unpaired) electrons. The average molecular weight is 561 g/mol. The van der Waals surface area contributed by atoms with Crippen LogP contribution in [0, 0.1) is 17.6 Å². The number of carboxylic acid groups (broad SMARTS) is 1. The second kappa shape index (κ2) is 13.8. The normalized spacial score (nSPS) is 11.5. The number of anilines is 1. The van der Waals surface area contributed by atoms with Crippen molar-refractivity contribution in [3.05, 3.63) is 69.8 Å². The van der Waals surface area contributed by atoms with Crippen molar-refractivity contribution in [1.82, 2.24) is 4.98 Å². The fourth-order valence-electron chi connectivity index (χ4n) is 3.82. The topological polar surface area (TPSA) is 107 Å². The first kappa shape index (κ1) is 29.7. The second-order valence-electron chi connectivity index (χ2n) is 8.56. The number of ether oxygens (including phenoxy) is 3. The van der Waals surface area contributed by atoms with Gasteiger partial charge in [-0.3, -0.25) is 10.1 Å². The van der Waals surface area contributed by atoms with E-state index in [-0.39, 0.29) is 10.7 Å². The first-order chi connectivity index (χ1) is 18.7. The lowest BCUT2D eigenvalue weighted by atomic mass is 10.1. The van der Waals surface area contributed by atoms with Crippen LogP contribution in [0.2, 0.25) is 0 Å². The number of hydrogen-bond donors (Lipinski definition) is 2. The number of carboxylic acids is 1. The summed E-state index contributed by atoms with van der Waals surface area (Å²) < 4.78 is 45.3. The molecule has 1 heterocycles. The van der Waals surface area contributed by atoms with Gasteiger partial charge >= 0.3 is 5.97 Å². The predicted octanol–water partition coefficient (Wildman–Crippen LogP) is 6.37. The Morgan fingerprint density at radius 3 is 2.44 bits per heavy atom. The molecule has 0 aliphatic rings. The summed E-state index contributed by atoms with van der Waals surface area (Å²) in [4.78, 5) is 28.2. The number of amides is 1. The smallest absolute Gasteiger partial charge is 0.371 e. The monoisotopic (exact) mass is 560 g/mol. The molecule has 0 fully saturated rings. The highest BCUT2D eigenvalue weighted by molar-refractivity contribution is 7.14. The number of aromatic nitrogens is 1. The molecule has 0 atom stereocenters. The highest BCUT2D eigenvalue weighted by atomic mass is 32.1. The van der Waals surface area contributed by atoms with Crippen molar-refractivity contribution in [3.63, 3.8) is 0 Å². The van der Waals surface area contributed by atoms with Crippen LogP contribution in [0.25, 0.3) is 17.3 Å². The molecule has 0 saturated carbocycles. The molecular formula is C28H30F2N2O6S. The van der Waals surface area contributed by atoms with Crippen molar-refractivity contribution in [2.45, 2.75) is 33.3 Å². The first-order valence-electron chi connectivity index (χ1n) is 12.2. The summed E-state index contributed by atoms with van der Waals surface area (Å²) in [7, 11) is 2.63. The predicted molar refractivity (Wildman–Crippen MR) is 145 cm³/mol. The fourth-order valence-corrected chi connectivity index (χ4v) is 4.52. The van der Waals surface area contributed by atoms with E-state index in [0.29, 0.717) is 42.2 Å². The van der Waals surface area contributed by atoms with Gasteiger partial charge < -0.3 is 19.3 Å². The second-order valence-corrected chi connectivity index (χ2v) is 9.42. The Morgan fingerprint density at radius 1 is 1.15 bits per heavy atom. The van der Waals surface area contributed by atoms with Crippen LogP contribution in [-0.2, 0) is 20.9 Å².